The highest BCUT2D eigenvalue weighted by atomic mass is 16.5. The van der Waals surface area contributed by atoms with Crippen LogP contribution >= 0.6 is 0 Å². The molecule has 0 aromatic carbocycles. The number of hydrogen-bond donors (Lipinski definition) is 3. The van der Waals surface area contributed by atoms with Crippen molar-refractivity contribution in [3.63, 3.8) is 0 Å². The van der Waals surface area contributed by atoms with E-state index >= 15 is 0 Å². The van der Waals surface area contributed by atoms with E-state index in [0.717, 1.165) is 51.4 Å². The van der Waals surface area contributed by atoms with E-state index in [2.05, 4.69) is 31.3 Å². The van der Waals surface area contributed by atoms with E-state index in [4.69, 9.17) is 4.74 Å². The number of nitrogens with one attached hydrogen (secondary N) is 1. The molecule has 2 atom stereocenters. The molecule has 1 amide bonds. The highest BCUT2D eigenvalue weighted by molar-refractivity contribution is 5.76. The van der Waals surface area contributed by atoms with Gasteiger partial charge in [0.05, 0.1) is 25.4 Å². The smallest absolute Gasteiger partial charge is 0.305 e. The van der Waals surface area contributed by atoms with Crippen LogP contribution in [0, 0.1) is 0 Å². The van der Waals surface area contributed by atoms with Gasteiger partial charge in [-0.05, 0) is 57.8 Å². The lowest BCUT2D eigenvalue weighted by molar-refractivity contribution is -0.143. The van der Waals surface area contributed by atoms with Crippen LogP contribution in [0.5, 0.6) is 0 Å². The lowest BCUT2D eigenvalue weighted by Gasteiger charge is -2.20. The largest absolute Gasteiger partial charge is 0.466 e. The van der Waals surface area contributed by atoms with E-state index < -0.39 is 12.1 Å². The molecule has 0 rings (SSSR count). The molecule has 6 heteroatoms. The van der Waals surface area contributed by atoms with Gasteiger partial charge >= 0.3 is 5.97 Å². The normalized spacial score (nSPS) is 12.7. The van der Waals surface area contributed by atoms with Crippen molar-refractivity contribution in [3.05, 3.63) is 24.3 Å². The van der Waals surface area contributed by atoms with Gasteiger partial charge in [-0.15, -0.1) is 0 Å². The minimum atomic E-state index is -0.852. The molecule has 0 aliphatic carbocycles. The van der Waals surface area contributed by atoms with Crippen LogP contribution in [0.3, 0.4) is 0 Å². The molecule has 0 spiro atoms. The molecule has 0 bridgehead atoms. The number of carbonyl (C=O) groups is 2. The second kappa shape index (κ2) is 58.9. The number of esters is 1. The number of rotatable bonds is 58. The van der Waals surface area contributed by atoms with E-state index in [1.54, 1.807) is 6.08 Å². The Morgan fingerprint density at radius 2 is 0.681 bits per heavy atom. The van der Waals surface area contributed by atoms with Gasteiger partial charge in [0.15, 0.2) is 0 Å². The molecule has 0 aromatic heterocycles. The van der Waals surface area contributed by atoms with Crippen LogP contribution in [0.1, 0.15) is 341 Å². The molecule has 0 aliphatic rings. The maximum absolute atomic E-state index is 12.5. The summed E-state index contributed by atoms with van der Waals surface area (Å²) in [5.41, 5.74) is 0. The van der Waals surface area contributed by atoms with Crippen LogP contribution in [0.15, 0.2) is 24.3 Å². The minimum absolute atomic E-state index is 0.00901. The number of hydrogen-bond acceptors (Lipinski definition) is 5. The first kappa shape index (κ1) is 67.3. The molecule has 0 fully saturated rings. The molecule has 408 valence electrons. The number of ether oxygens (including phenoxy) is 1. The van der Waals surface area contributed by atoms with Gasteiger partial charge in [0.25, 0.3) is 0 Å². The maximum atomic E-state index is 12.5. The Hall–Kier alpha value is -1.66. The standard InChI is InChI=1S/C63H121NO5/c1-3-5-7-9-11-13-15-17-18-19-20-21-22-23-24-25-26-28-32-35-39-43-47-51-55-61(66)60(59-65)64-62(67)56-52-48-44-40-36-33-29-27-30-34-38-42-46-50-54-58-69-63(68)57-53-49-45-41-37-31-16-14-12-10-8-6-4-2/h14,16,51,55,60-61,65-66H,3-13,15,17-50,52-54,56-59H2,1-2H3,(H,64,67)/b16-14-,55-51+. The zero-order valence-corrected chi connectivity index (χ0v) is 46.6. The third-order valence-corrected chi connectivity index (χ3v) is 14.5. The van der Waals surface area contributed by atoms with E-state index in [9.17, 15) is 19.8 Å². The average molecular weight is 973 g/mol. The Balaban J connectivity index is 3.46. The topological polar surface area (TPSA) is 95.9 Å². The van der Waals surface area contributed by atoms with E-state index in [-0.39, 0.29) is 18.5 Å². The number of allylic oxidation sites excluding steroid dienone is 3. The van der Waals surface area contributed by atoms with Crippen LogP contribution in [-0.4, -0.2) is 47.4 Å². The van der Waals surface area contributed by atoms with Gasteiger partial charge in [-0.2, -0.15) is 0 Å². The molecule has 69 heavy (non-hydrogen) atoms. The summed E-state index contributed by atoms with van der Waals surface area (Å²) in [6.07, 6.45) is 72.1. The zero-order chi connectivity index (χ0) is 50.0. The maximum Gasteiger partial charge on any atom is 0.305 e. The lowest BCUT2D eigenvalue weighted by atomic mass is 10.0. The second-order valence-electron chi connectivity index (χ2n) is 21.4. The van der Waals surface area contributed by atoms with Crippen LogP contribution < -0.4 is 5.32 Å². The molecule has 0 saturated carbocycles. The average Bonchev–Trinajstić information content (AvgIpc) is 3.35. The first-order valence-electron chi connectivity index (χ1n) is 31.1. The number of amides is 1. The number of aliphatic hydroxyl groups is 2. The SMILES string of the molecule is CCCCCC/C=C\CCCCCCCC(=O)OCCCCCCCCCCCCCCCCCC(=O)NC(CO)C(O)/C=C/CCCCCCCCCCCCCCCCCCCCCCCC. The van der Waals surface area contributed by atoms with Gasteiger partial charge in [-0.25, -0.2) is 0 Å². The molecule has 0 aromatic rings. The van der Waals surface area contributed by atoms with E-state index in [1.165, 1.54) is 263 Å². The summed E-state index contributed by atoms with van der Waals surface area (Å²) < 4.78 is 5.46. The summed E-state index contributed by atoms with van der Waals surface area (Å²) in [4.78, 5) is 24.5. The Morgan fingerprint density at radius 3 is 1.04 bits per heavy atom. The highest BCUT2D eigenvalue weighted by Crippen LogP contribution is 2.18. The molecule has 6 nitrogen and oxygen atoms in total. The third kappa shape index (κ3) is 55.5. The van der Waals surface area contributed by atoms with Gasteiger partial charge in [0.1, 0.15) is 0 Å². The van der Waals surface area contributed by atoms with Crippen molar-refractivity contribution in [2.24, 2.45) is 0 Å². The Morgan fingerprint density at radius 1 is 0.391 bits per heavy atom. The van der Waals surface area contributed by atoms with Crippen LogP contribution in [0.25, 0.3) is 0 Å². The van der Waals surface area contributed by atoms with Crippen molar-refractivity contribution in [1.82, 2.24) is 5.32 Å². The summed E-state index contributed by atoms with van der Waals surface area (Å²) >= 11 is 0. The summed E-state index contributed by atoms with van der Waals surface area (Å²) in [5, 5.41) is 23.2. The Kier molecular flexibility index (Phi) is 57.5. The van der Waals surface area contributed by atoms with E-state index in [0.29, 0.717) is 19.4 Å². The molecule has 3 N–H and O–H groups in total. The molecule has 0 saturated heterocycles. The zero-order valence-electron chi connectivity index (χ0n) is 46.6. The predicted molar refractivity (Wildman–Crippen MR) is 301 cm³/mol. The summed E-state index contributed by atoms with van der Waals surface area (Å²) in [6, 6.07) is -0.636. The van der Waals surface area contributed by atoms with Crippen molar-refractivity contribution in [3.8, 4) is 0 Å². The van der Waals surface area contributed by atoms with Crippen LogP contribution in [-0.2, 0) is 14.3 Å². The van der Waals surface area contributed by atoms with Crippen molar-refractivity contribution in [2.75, 3.05) is 13.2 Å². The van der Waals surface area contributed by atoms with Crippen LogP contribution in [0.4, 0.5) is 0 Å². The molecular formula is C63H121NO5. The molecule has 2 unspecified atom stereocenters. The number of unbranched alkanes of at least 4 members (excludes halogenated alkanes) is 45. The van der Waals surface area contributed by atoms with Crippen LogP contribution in [0.2, 0.25) is 0 Å². The van der Waals surface area contributed by atoms with Crippen molar-refractivity contribution < 1.29 is 24.5 Å². The fourth-order valence-corrected chi connectivity index (χ4v) is 9.69. The second-order valence-corrected chi connectivity index (χ2v) is 21.4. The number of carbonyl (C=O) groups excluding carboxylic acids is 2. The Labute approximate surface area is 431 Å². The van der Waals surface area contributed by atoms with Gasteiger partial charge in [-0.1, -0.05) is 295 Å². The predicted octanol–water partition coefficient (Wildman–Crippen LogP) is 19.4. The van der Waals surface area contributed by atoms with Gasteiger partial charge < -0.3 is 20.3 Å². The van der Waals surface area contributed by atoms with E-state index in [1.807, 2.05) is 6.08 Å². The first-order valence-corrected chi connectivity index (χ1v) is 31.1. The minimum Gasteiger partial charge on any atom is -0.466 e. The monoisotopic (exact) mass is 972 g/mol. The fraction of sp³-hybridized carbons (Fsp3) is 0.905. The Bertz CT molecular complexity index is 1080. The highest BCUT2D eigenvalue weighted by Gasteiger charge is 2.18. The number of aliphatic hydroxyl groups excluding tert-OH is 2. The lowest BCUT2D eigenvalue weighted by Crippen LogP contribution is -2.45. The van der Waals surface area contributed by atoms with Crippen molar-refractivity contribution >= 4 is 11.9 Å². The summed E-state index contributed by atoms with van der Waals surface area (Å²) in [5.74, 6) is -0.0823. The van der Waals surface area contributed by atoms with Gasteiger partial charge in [0, 0.05) is 12.8 Å². The fourth-order valence-electron chi connectivity index (χ4n) is 9.69. The third-order valence-electron chi connectivity index (χ3n) is 14.5. The summed E-state index contributed by atoms with van der Waals surface area (Å²) in [7, 11) is 0. The van der Waals surface area contributed by atoms with Crippen molar-refractivity contribution in [1.29, 1.82) is 0 Å². The summed E-state index contributed by atoms with van der Waals surface area (Å²) in [6.45, 7) is 4.89. The molecule has 0 heterocycles. The van der Waals surface area contributed by atoms with Crippen molar-refractivity contribution in [2.45, 2.75) is 353 Å². The quantitative estimate of drug-likeness (QED) is 0.0321. The first-order chi connectivity index (χ1) is 34.0. The van der Waals surface area contributed by atoms with Gasteiger partial charge in [0.2, 0.25) is 5.91 Å². The molecule has 0 aliphatic heterocycles. The molecular weight excluding hydrogens is 851 g/mol. The molecule has 0 radical (unpaired) electrons. The van der Waals surface area contributed by atoms with Gasteiger partial charge in [-0.3, -0.25) is 9.59 Å².